The summed E-state index contributed by atoms with van der Waals surface area (Å²) in [6, 6.07) is 0. The summed E-state index contributed by atoms with van der Waals surface area (Å²) in [7, 11) is 0. The van der Waals surface area contributed by atoms with Crippen molar-refractivity contribution in [3.63, 3.8) is 0 Å². The van der Waals surface area contributed by atoms with Gasteiger partial charge in [-0.25, -0.2) is 0 Å². The first-order chi connectivity index (χ1) is 9.53. The van der Waals surface area contributed by atoms with Gasteiger partial charge >= 0.3 is 0 Å². The van der Waals surface area contributed by atoms with Crippen LogP contribution >= 0.6 is 0 Å². The summed E-state index contributed by atoms with van der Waals surface area (Å²) in [6.07, 6.45) is 17.6. The summed E-state index contributed by atoms with van der Waals surface area (Å²) in [5, 5.41) is 0. The third-order valence-electron chi connectivity index (χ3n) is 5.53. The van der Waals surface area contributed by atoms with Crippen LogP contribution in [0.4, 0.5) is 0 Å². The molecule has 0 saturated heterocycles. The molecule has 1 aliphatic carbocycles. The highest BCUT2D eigenvalue weighted by Gasteiger charge is 2.45. The van der Waals surface area contributed by atoms with Crippen LogP contribution in [0.5, 0.6) is 0 Å². The molecule has 0 radical (unpaired) electrons. The molecule has 0 amide bonds. The zero-order chi connectivity index (χ0) is 15.0. The van der Waals surface area contributed by atoms with Crippen LogP contribution in [0, 0.1) is 23.2 Å². The molecule has 1 fully saturated rings. The quantitative estimate of drug-likeness (QED) is 0.288. The average Bonchev–Trinajstić information content (AvgIpc) is 3.03. The molecule has 0 nitrogen and oxygen atoms in total. The Labute approximate surface area is 127 Å². The van der Waals surface area contributed by atoms with Gasteiger partial charge in [-0.15, -0.1) is 6.58 Å². The van der Waals surface area contributed by atoms with Crippen LogP contribution in [-0.4, -0.2) is 0 Å². The van der Waals surface area contributed by atoms with Gasteiger partial charge in [-0.05, 0) is 55.3 Å². The topological polar surface area (TPSA) is 0 Å². The molecule has 4 atom stereocenters. The summed E-state index contributed by atoms with van der Waals surface area (Å²) in [6.45, 7) is 13.5. The molecule has 0 heteroatoms. The molecule has 20 heavy (non-hydrogen) atoms. The second-order valence-corrected chi connectivity index (χ2v) is 7.39. The summed E-state index contributed by atoms with van der Waals surface area (Å²) < 4.78 is 0. The Bertz CT molecular complexity index is 301. The molecule has 0 aromatic carbocycles. The van der Waals surface area contributed by atoms with Crippen LogP contribution in [0.3, 0.4) is 0 Å². The van der Waals surface area contributed by atoms with Crippen LogP contribution < -0.4 is 0 Å². The first-order valence-electron chi connectivity index (χ1n) is 8.81. The molecular formula is C20H36. The second kappa shape index (κ2) is 8.70. The predicted molar refractivity (Wildman–Crippen MR) is 91.9 cm³/mol. The van der Waals surface area contributed by atoms with Gasteiger partial charge in [-0.1, -0.05) is 65.2 Å². The summed E-state index contributed by atoms with van der Waals surface area (Å²) in [5.41, 5.74) is 0.674. The minimum Gasteiger partial charge on any atom is -0.103 e. The average molecular weight is 277 g/mol. The zero-order valence-corrected chi connectivity index (χ0v) is 14.3. The third-order valence-corrected chi connectivity index (χ3v) is 5.53. The number of hydrogen-bond donors (Lipinski definition) is 0. The molecule has 0 heterocycles. The lowest BCUT2D eigenvalue weighted by atomic mass is 9.83. The van der Waals surface area contributed by atoms with Crippen LogP contribution in [0.1, 0.15) is 79.1 Å². The first kappa shape index (κ1) is 17.5. The normalized spacial score (nSPS) is 28.5. The van der Waals surface area contributed by atoms with Crippen LogP contribution in [0.15, 0.2) is 24.8 Å². The Balaban J connectivity index is 2.40. The molecule has 0 bridgehead atoms. The third kappa shape index (κ3) is 5.85. The molecule has 0 aromatic heterocycles. The molecule has 1 aliphatic rings. The van der Waals surface area contributed by atoms with Crippen molar-refractivity contribution in [1.82, 2.24) is 0 Å². The summed E-state index contributed by atoms with van der Waals surface area (Å²) in [5.74, 6) is 2.57. The highest BCUT2D eigenvalue weighted by atomic mass is 14.5. The van der Waals surface area contributed by atoms with Crippen molar-refractivity contribution in [3.05, 3.63) is 24.8 Å². The second-order valence-electron chi connectivity index (χ2n) is 7.39. The number of hydrogen-bond acceptors (Lipinski definition) is 0. The smallest absolute Gasteiger partial charge is 0.0172 e. The maximum Gasteiger partial charge on any atom is -0.0172 e. The minimum atomic E-state index is 0.674. The van der Waals surface area contributed by atoms with E-state index in [0.717, 1.165) is 24.2 Å². The van der Waals surface area contributed by atoms with Gasteiger partial charge in [0.1, 0.15) is 0 Å². The van der Waals surface area contributed by atoms with Gasteiger partial charge in [0.25, 0.3) is 0 Å². The van der Waals surface area contributed by atoms with E-state index in [4.69, 9.17) is 0 Å². The fraction of sp³-hybridized carbons (Fsp3) is 0.800. The van der Waals surface area contributed by atoms with E-state index in [1.54, 1.807) is 0 Å². The Hall–Kier alpha value is -0.520. The van der Waals surface area contributed by atoms with Gasteiger partial charge < -0.3 is 0 Å². The highest BCUT2D eigenvalue weighted by Crippen LogP contribution is 2.55. The van der Waals surface area contributed by atoms with Crippen molar-refractivity contribution in [3.8, 4) is 0 Å². The van der Waals surface area contributed by atoms with Gasteiger partial charge in [-0.3, -0.25) is 0 Å². The number of allylic oxidation sites excluding steroid dienone is 3. The minimum absolute atomic E-state index is 0.674. The molecular weight excluding hydrogens is 240 g/mol. The van der Waals surface area contributed by atoms with Crippen molar-refractivity contribution in [2.24, 2.45) is 23.2 Å². The van der Waals surface area contributed by atoms with Crippen molar-refractivity contribution in [2.45, 2.75) is 79.1 Å². The van der Waals surface area contributed by atoms with E-state index in [-0.39, 0.29) is 0 Å². The van der Waals surface area contributed by atoms with Crippen molar-refractivity contribution < 1.29 is 0 Å². The van der Waals surface area contributed by atoms with E-state index >= 15 is 0 Å². The van der Waals surface area contributed by atoms with Crippen LogP contribution in [0.2, 0.25) is 0 Å². The van der Waals surface area contributed by atoms with Gasteiger partial charge in [-0.2, -0.15) is 0 Å². The molecule has 0 aromatic rings. The Morgan fingerprint density at radius 1 is 1.30 bits per heavy atom. The predicted octanol–water partition coefficient (Wildman–Crippen LogP) is 6.78. The lowest BCUT2D eigenvalue weighted by molar-refractivity contribution is 0.322. The molecule has 0 N–H and O–H groups in total. The standard InChI is InChI=1S/C20H36/c1-6-8-10-12-19(13-11-9-7-2)17(3)14-15-20(5)16-18(20)4/h6,10,12,17-19H,1,7-9,11,13-16H2,2-5H3. The van der Waals surface area contributed by atoms with Crippen LogP contribution in [-0.2, 0) is 0 Å². The van der Waals surface area contributed by atoms with E-state index in [1.165, 1.54) is 44.9 Å². The molecule has 4 unspecified atom stereocenters. The van der Waals surface area contributed by atoms with Gasteiger partial charge in [0, 0.05) is 0 Å². The van der Waals surface area contributed by atoms with E-state index in [9.17, 15) is 0 Å². The fourth-order valence-electron chi connectivity index (χ4n) is 3.31. The van der Waals surface area contributed by atoms with Crippen LogP contribution in [0.25, 0.3) is 0 Å². The molecule has 1 rings (SSSR count). The molecule has 116 valence electrons. The van der Waals surface area contributed by atoms with Crippen molar-refractivity contribution in [2.75, 3.05) is 0 Å². The number of rotatable bonds is 11. The zero-order valence-electron chi connectivity index (χ0n) is 14.3. The Kier molecular flexibility index (Phi) is 7.62. The van der Waals surface area contributed by atoms with Gasteiger partial charge in [0.15, 0.2) is 0 Å². The Morgan fingerprint density at radius 2 is 2.00 bits per heavy atom. The van der Waals surface area contributed by atoms with Crippen molar-refractivity contribution in [1.29, 1.82) is 0 Å². The first-order valence-corrected chi connectivity index (χ1v) is 8.81. The number of unbranched alkanes of at least 4 members (excludes halogenated alkanes) is 2. The molecule has 0 spiro atoms. The molecule has 0 aliphatic heterocycles. The van der Waals surface area contributed by atoms with Crippen molar-refractivity contribution >= 4 is 0 Å². The monoisotopic (exact) mass is 276 g/mol. The fourth-order valence-corrected chi connectivity index (χ4v) is 3.31. The van der Waals surface area contributed by atoms with Gasteiger partial charge in [0.2, 0.25) is 0 Å². The Morgan fingerprint density at radius 3 is 2.55 bits per heavy atom. The summed E-state index contributed by atoms with van der Waals surface area (Å²) in [4.78, 5) is 0. The van der Waals surface area contributed by atoms with E-state index in [1.807, 2.05) is 6.08 Å². The summed E-state index contributed by atoms with van der Waals surface area (Å²) >= 11 is 0. The largest absolute Gasteiger partial charge is 0.103 e. The maximum atomic E-state index is 3.81. The van der Waals surface area contributed by atoms with E-state index in [0.29, 0.717) is 5.41 Å². The lowest BCUT2D eigenvalue weighted by Crippen LogP contribution is -2.12. The maximum absolute atomic E-state index is 3.81. The SMILES string of the molecule is C=CCC=CC(CCCCC)C(C)CCC1(C)CC1C. The van der Waals surface area contributed by atoms with Gasteiger partial charge in [0.05, 0.1) is 0 Å². The van der Waals surface area contributed by atoms with E-state index < -0.39 is 0 Å². The lowest BCUT2D eigenvalue weighted by Gasteiger charge is -2.23. The highest BCUT2D eigenvalue weighted by molar-refractivity contribution is 4.98. The van der Waals surface area contributed by atoms with E-state index in [2.05, 4.69) is 46.4 Å². The molecule has 1 saturated carbocycles.